The number of esters is 1. The largest absolute Gasteiger partial charge is 0.466 e. The van der Waals surface area contributed by atoms with Crippen molar-refractivity contribution in [3.63, 3.8) is 0 Å². The number of rotatable bonds is 2. The number of methoxy groups -OCH3 is 1. The van der Waals surface area contributed by atoms with Gasteiger partial charge in [0, 0.05) is 35.7 Å². The van der Waals surface area contributed by atoms with Crippen LogP contribution in [0.5, 0.6) is 0 Å². The molecular weight excluding hydrogens is 297 g/mol. The van der Waals surface area contributed by atoms with E-state index < -0.39 is 17.7 Å². The highest BCUT2D eigenvalue weighted by molar-refractivity contribution is 6.31. The van der Waals surface area contributed by atoms with Crippen molar-refractivity contribution < 1.29 is 18.7 Å². The Morgan fingerprint density at radius 2 is 2.14 bits per heavy atom. The van der Waals surface area contributed by atoms with Crippen molar-refractivity contribution in [2.24, 2.45) is 0 Å². The summed E-state index contributed by atoms with van der Waals surface area (Å²) in [6, 6.07) is 4.27. The Morgan fingerprint density at radius 3 is 2.71 bits per heavy atom. The van der Waals surface area contributed by atoms with Crippen molar-refractivity contribution in [2.75, 3.05) is 14.2 Å². The number of allylic oxidation sites excluding steroid dienone is 1. The van der Waals surface area contributed by atoms with Crippen molar-refractivity contribution in [1.29, 1.82) is 0 Å². The predicted molar refractivity (Wildman–Crippen MR) is 76.3 cm³/mol. The maximum Gasteiger partial charge on any atom is 0.336 e. The fourth-order valence-corrected chi connectivity index (χ4v) is 2.82. The van der Waals surface area contributed by atoms with E-state index in [0.29, 0.717) is 5.70 Å². The molecule has 1 amide bonds. The summed E-state index contributed by atoms with van der Waals surface area (Å²) in [4.78, 5) is 25.5. The molecule has 1 aliphatic rings. The minimum Gasteiger partial charge on any atom is -0.466 e. The van der Waals surface area contributed by atoms with E-state index in [-0.39, 0.29) is 28.5 Å². The van der Waals surface area contributed by atoms with E-state index in [1.165, 1.54) is 30.2 Å². The molecule has 1 atom stereocenters. The Hall–Kier alpha value is -1.88. The summed E-state index contributed by atoms with van der Waals surface area (Å²) >= 11 is 6.07. The summed E-state index contributed by atoms with van der Waals surface area (Å²) in [6.45, 7) is 1.63. The Bertz CT molecular complexity index is 622. The van der Waals surface area contributed by atoms with Crippen LogP contribution in [0.2, 0.25) is 5.02 Å². The molecule has 6 heteroatoms. The number of carbonyl (C=O) groups is 2. The predicted octanol–water partition coefficient (Wildman–Crippen LogP) is 2.87. The lowest BCUT2D eigenvalue weighted by Crippen LogP contribution is -2.36. The molecule has 21 heavy (non-hydrogen) atoms. The first-order valence-electron chi connectivity index (χ1n) is 6.38. The van der Waals surface area contributed by atoms with Gasteiger partial charge in [0.1, 0.15) is 5.82 Å². The molecule has 2 rings (SSSR count). The van der Waals surface area contributed by atoms with Crippen LogP contribution < -0.4 is 0 Å². The Labute approximate surface area is 127 Å². The maximum absolute atomic E-state index is 14.1. The van der Waals surface area contributed by atoms with E-state index in [1.54, 1.807) is 14.0 Å². The number of benzene rings is 1. The van der Waals surface area contributed by atoms with Gasteiger partial charge in [-0.1, -0.05) is 17.7 Å². The van der Waals surface area contributed by atoms with Crippen LogP contribution in [0.4, 0.5) is 4.39 Å². The zero-order valence-electron chi connectivity index (χ0n) is 11.9. The minimum atomic E-state index is -0.741. The maximum atomic E-state index is 14.1. The summed E-state index contributed by atoms with van der Waals surface area (Å²) < 4.78 is 18.9. The number of amides is 1. The molecule has 0 fully saturated rings. The molecule has 4 nitrogen and oxygen atoms in total. The summed E-state index contributed by atoms with van der Waals surface area (Å²) in [5.74, 6) is -2.07. The number of hydrogen-bond donors (Lipinski definition) is 0. The second-order valence-corrected chi connectivity index (χ2v) is 5.24. The topological polar surface area (TPSA) is 46.6 Å². The van der Waals surface area contributed by atoms with Gasteiger partial charge >= 0.3 is 5.97 Å². The third-order valence-electron chi connectivity index (χ3n) is 3.75. The van der Waals surface area contributed by atoms with E-state index in [1.807, 2.05) is 0 Å². The van der Waals surface area contributed by atoms with Gasteiger partial charge in [0.2, 0.25) is 5.91 Å². The SMILES string of the molecule is COC(=O)C1=C(C)N(C)C(=O)C[C@H]1c1c(F)cccc1Cl. The third-order valence-corrected chi connectivity index (χ3v) is 4.08. The van der Waals surface area contributed by atoms with Crippen molar-refractivity contribution in [3.8, 4) is 0 Å². The van der Waals surface area contributed by atoms with Crippen LogP contribution in [0.3, 0.4) is 0 Å². The van der Waals surface area contributed by atoms with E-state index in [2.05, 4.69) is 0 Å². The van der Waals surface area contributed by atoms with Crippen LogP contribution in [0, 0.1) is 5.82 Å². The van der Waals surface area contributed by atoms with Gasteiger partial charge in [0.25, 0.3) is 0 Å². The number of ether oxygens (including phenoxy) is 1. The molecule has 0 aromatic heterocycles. The fraction of sp³-hybridized carbons (Fsp3) is 0.333. The van der Waals surface area contributed by atoms with Gasteiger partial charge in [0.05, 0.1) is 12.7 Å². The number of nitrogens with zero attached hydrogens (tertiary/aromatic N) is 1. The zero-order chi connectivity index (χ0) is 15.7. The quantitative estimate of drug-likeness (QED) is 0.789. The van der Waals surface area contributed by atoms with Crippen LogP contribution in [-0.2, 0) is 14.3 Å². The second-order valence-electron chi connectivity index (χ2n) is 4.84. The van der Waals surface area contributed by atoms with Gasteiger partial charge in [0.15, 0.2) is 0 Å². The Balaban J connectivity index is 2.65. The first-order chi connectivity index (χ1) is 9.88. The first-order valence-corrected chi connectivity index (χ1v) is 6.75. The average molecular weight is 312 g/mol. The van der Waals surface area contributed by atoms with Crippen LogP contribution in [0.1, 0.15) is 24.8 Å². The highest BCUT2D eigenvalue weighted by atomic mass is 35.5. The normalized spacial score (nSPS) is 19.0. The summed E-state index contributed by atoms with van der Waals surface area (Å²) in [5, 5.41) is 0.187. The van der Waals surface area contributed by atoms with E-state index >= 15 is 0 Å². The zero-order valence-corrected chi connectivity index (χ0v) is 12.7. The molecule has 1 heterocycles. The molecule has 0 saturated carbocycles. The minimum absolute atomic E-state index is 0.0288. The van der Waals surface area contributed by atoms with Crippen LogP contribution in [-0.4, -0.2) is 30.9 Å². The van der Waals surface area contributed by atoms with Crippen molar-refractivity contribution >= 4 is 23.5 Å². The van der Waals surface area contributed by atoms with Gasteiger partial charge in [-0.25, -0.2) is 9.18 Å². The van der Waals surface area contributed by atoms with E-state index in [4.69, 9.17) is 16.3 Å². The van der Waals surface area contributed by atoms with Crippen molar-refractivity contribution in [2.45, 2.75) is 19.3 Å². The van der Waals surface area contributed by atoms with Gasteiger partial charge in [-0.05, 0) is 19.1 Å². The molecule has 0 unspecified atom stereocenters. The molecule has 1 aromatic rings. The number of halogens is 2. The Kier molecular flexibility index (Phi) is 4.32. The van der Waals surface area contributed by atoms with E-state index in [9.17, 15) is 14.0 Å². The van der Waals surface area contributed by atoms with Crippen LogP contribution >= 0.6 is 11.6 Å². The third kappa shape index (κ3) is 2.65. The molecule has 0 N–H and O–H groups in total. The lowest BCUT2D eigenvalue weighted by Gasteiger charge is -2.32. The summed E-state index contributed by atoms with van der Waals surface area (Å²) in [7, 11) is 2.82. The molecule has 0 saturated heterocycles. The highest BCUT2D eigenvalue weighted by Gasteiger charge is 2.37. The first kappa shape index (κ1) is 15.5. The standard InChI is InChI=1S/C15H15ClFNO3/c1-8-13(15(20)21-3)9(7-12(19)18(8)2)14-10(16)5-4-6-11(14)17/h4-6,9H,7H2,1-3H3/t9-/m1/s1. The molecule has 1 aromatic carbocycles. The smallest absolute Gasteiger partial charge is 0.336 e. The van der Waals surface area contributed by atoms with Gasteiger partial charge in [-0.2, -0.15) is 0 Å². The monoisotopic (exact) mass is 311 g/mol. The molecule has 112 valence electrons. The Morgan fingerprint density at radius 1 is 1.48 bits per heavy atom. The summed E-state index contributed by atoms with van der Waals surface area (Å²) in [6.07, 6.45) is -0.0288. The molecule has 0 bridgehead atoms. The average Bonchev–Trinajstić information content (AvgIpc) is 2.44. The number of hydrogen-bond acceptors (Lipinski definition) is 3. The highest BCUT2D eigenvalue weighted by Crippen LogP contribution is 2.40. The van der Waals surface area contributed by atoms with Gasteiger partial charge in [-0.3, -0.25) is 4.79 Å². The molecular formula is C15H15ClFNO3. The van der Waals surface area contributed by atoms with Crippen molar-refractivity contribution in [1.82, 2.24) is 4.90 Å². The van der Waals surface area contributed by atoms with Crippen LogP contribution in [0.25, 0.3) is 0 Å². The van der Waals surface area contributed by atoms with E-state index in [0.717, 1.165) is 0 Å². The van der Waals surface area contributed by atoms with Crippen LogP contribution in [0.15, 0.2) is 29.5 Å². The second kappa shape index (κ2) is 5.85. The molecule has 0 spiro atoms. The lowest BCUT2D eigenvalue weighted by atomic mass is 9.83. The lowest BCUT2D eigenvalue weighted by molar-refractivity contribution is -0.137. The van der Waals surface area contributed by atoms with Crippen molar-refractivity contribution in [3.05, 3.63) is 45.9 Å². The molecule has 0 aliphatic carbocycles. The summed E-state index contributed by atoms with van der Waals surface area (Å²) in [5.41, 5.74) is 0.856. The van der Waals surface area contributed by atoms with Gasteiger partial charge < -0.3 is 9.64 Å². The fourth-order valence-electron chi connectivity index (χ4n) is 2.52. The number of carbonyl (C=O) groups excluding carboxylic acids is 2. The molecule has 1 aliphatic heterocycles. The van der Waals surface area contributed by atoms with Gasteiger partial charge in [-0.15, -0.1) is 0 Å². The molecule has 0 radical (unpaired) electrons.